The van der Waals surface area contributed by atoms with E-state index in [1.165, 1.54) is 0 Å². The zero-order valence-corrected chi connectivity index (χ0v) is 10.0. The highest BCUT2D eigenvalue weighted by Gasteiger charge is 2.41. The molecule has 0 spiro atoms. The van der Waals surface area contributed by atoms with Crippen LogP contribution in [0.5, 0.6) is 0 Å². The smallest absolute Gasteiger partial charge is 0.242 e. The third kappa shape index (κ3) is 1.78. The van der Waals surface area contributed by atoms with E-state index in [1.54, 1.807) is 0 Å². The summed E-state index contributed by atoms with van der Waals surface area (Å²) in [6, 6.07) is 0.438. The second kappa shape index (κ2) is 3.89. The Kier molecular flexibility index (Phi) is 3.20. The first kappa shape index (κ1) is 11.5. The fraction of sp³-hybridized carbons (Fsp3) is 0.909. The summed E-state index contributed by atoms with van der Waals surface area (Å²) in [7, 11) is 0. The van der Waals surface area contributed by atoms with Crippen LogP contribution in [0.1, 0.15) is 34.6 Å². The lowest BCUT2D eigenvalue weighted by molar-refractivity contribution is -0.150. The van der Waals surface area contributed by atoms with Gasteiger partial charge in [0.05, 0.1) is 5.54 Å². The van der Waals surface area contributed by atoms with Crippen molar-refractivity contribution < 1.29 is 4.79 Å². The monoisotopic (exact) mass is 198 g/mol. The fourth-order valence-corrected chi connectivity index (χ4v) is 2.32. The first-order valence-electron chi connectivity index (χ1n) is 5.47. The van der Waals surface area contributed by atoms with Gasteiger partial charge in [-0.1, -0.05) is 0 Å². The number of carbonyl (C=O) groups is 1. The molecule has 0 radical (unpaired) electrons. The summed E-state index contributed by atoms with van der Waals surface area (Å²) in [6.45, 7) is 13.1. The van der Waals surface area contributed by atoms with Gasteiger partial charge in [0.15, 0.2) is 0 Å². The number of piperazine rings is 1. The highest BCUT2D eigenvalue weighted by Crippen LogP contribution is 2.24. The Labute approximate surface area is 87.1 Å². The zero-order chi connectivity index (χ0) is 10.9. The molecule has 0 saturated carbocycles. The van der Waals surface area contributed by atoms with Crippen molar-refractivity contribution in [3.63, 3.8) is 0 Å². The number of likely N-dealkylation sites (N-methyl/N-ethyl adjacent to an activating group) is 1. The van der Waals surface area contributed by atoms with Gasteiger partial charge in [-0.15, -0.1) is 0 Å². The number of hydrogen-bond acceptors (Lipinski definition) is 2. The molecule has 1 aliphatic rings. The second-order valence-corrected chi connectivity index (χ2v) is 4.73. The topological polar surface area (TPSA) is 23.6 Å². The van der Waals surface area contributed by atoms with Crippen LogP contribution in [0.2, 0.25) is 0 Å². The Balaban J connectivity index is 2.85. The van der Waals surface area contributed by atoms with Crippen LogP contribution >= 0.6 is 0 Å². The molecule has 0 aliphatic carbocycles. The van der Waals surface area contributed by atoms with Gasteiger partial charge in [0, 0.05) is 25.7 Å². The molecule has 1 aliphatic heterocycles. The standard InChI is InChI=1S/C11H22N2O/c1-6-12-7-8-13(9(2)3)11(4,5)10(12)14/h9H,6-8H2,1-5H3. The molecule has 1 amide bonds. The first-order valence-corrected chi connectivity index (χ1v) is 5.47. The average Bonchev–Trinajstić information content (AvgIpc) is 2.08. The van der Waals surface area contributed by atoms with Gasteiger partial charge < -0.3 is 4.90 Å². The maximum atomic E-state index is 12.1. The highest BCUT2D eigenvalue weighted by atomic mass is 16.2. The molecule has 0 aromatic rings. The summed E-state index contributed by atoms with van der Waals surface area (Å²) < 4.78 is 0. The van der Waals surface area contributed by atoms with Gasteiger partial charge in [0.25, 0.3) is 0 Å². The summed E-state index contributed by atoms with van der Waals surface area (Å²) in [4.78, 5) is 16.3. The molecule has 3 heteroatoms. The Morgan fingerprint density at radius 3 is 2.36 bits per heavy atom. The number of rotatable bonds is 2. The van der Waals surface area contributed by atoms with Crippen LogP contribution in [0, 0.1) is 0 Å². The second-order valence-electron chi connectivity index (χ2n) is 4.73. The van der Waals surface area contributed by atoms with E-state index in [2.05, 4.69) is 18.7 Å². The minimum Gasteiger partial charge on any atom is -0.340 e. The quantitative estimate of drug-likeness (QED) is 0.668. The molecule has 0 unspecified atom stereocenters. The van der Waals surface area contributed by atoms with Gasteiger partial charge in [-0.05, 0) is 34.6 Å². The molecule has 1 fully saturated rings. The number of amides is 1. The molecule has 0 aromatic carbocycles. The van der Waals surface area contributed by atoms with Gasteiger partial charge >= 0.3 is 0 Å². The lowest BCUT2D eigenvalue weighted by atomic mass is 9.96. The van der Waals surface area contributed by atoms with Gasteiger partial charge in [0.2, 0.25) is 5.91 Å². The van der Waals surface area contributed by atoms with Crippen molar-refractivity contribution in [3.05, 3.63) is 0 Å². The van der Waals surface area contributed by atoms with E-state index in [9.17, 15) is 4.79 Å². The fourth-order valence-electron chi connectivity index (χ4n) is 2.32. The maximum absolute atomic E-state index is 12.1. The predicted molar refractivity (Wildman–Crippen MR) is 58.2 cm³/mol. The Hall–Kier alpha value is -0.570. The van der Waals surface area contributed by atoms with Crippen LogP contribution in [0.25, 0.3) is 0 Å². The molecule has 1 rings (SSSR count). The maximum Gasteiger partial charge on any atom is 0.242 e. The lowest BCUT2D eigenvalue weighted by Gasteiger charge is -2.47. The molecule has 0 atom stereocenters. The van der Waals surface area contributed by atoms with E-state index >= 15 is 0 Å². The summed E-state index contributed by atoms with van der Waals surface area (Å²) in [5.41, 5.74) is -0.331. The number of carbonyl (C=O) groups excluding carboxylic acids is 1. The van der Waals surface area contributed by atoms with E-state index in [0.29, 0.717) is 6.04 Å². The van der Waals surface area contributed by atoms with Crippen LogP contribution < -0.4 is 0 Å². The van der Waals surface area contributed by atoms with Crippen molar-refractivity contribution in [3.8, 4) is 0 Å². The molecule has 0 bridgehead atoms. The summed E-state index contributed by atoms with van der Waals surface area (Å²) in [5, 5.41) is 0. The number of hydrogen-bond donors (Lipinski definition) is 0. The first-order chi connectivity index (χ1) is 6.41. The van der Waals surface area contributed by atoms with Crippen LogP contribution in [-0.2, 0) is 4.79 Å². The van der Waals surface area contributed by atoms with Crippen molar-refractivity contribution in [1.82, 2.24) is 9.80 Å². The molecular weight excluding hydrogens is 176 g/mol. The Bertz CT molecular complexity index is 223. The van der Waals surface area contributed by atoms with E-state index in [0.717, 1.165) is 19.6 Å². The van der Waals surface area contributed by atoms with Gasteiger partial charge in [0.1, 0.15) is 0 Å². The number of nitrogens with zero attached hydrogens (tertiary/aromatic N) is 2. The molecule has 14 heavy (non-hydrogen) atoms. The van der Waals surface area contributed by atoms with E-state index in [1.807, 2.05) is 25.7 Å². The SMILES string of the molecule is CCN1CCN(C(C)C)C(C)(C)C1=O. The van der Waals surface area contributed by atoms with Crippen molar-refractivity contribution >= 4 is 5.91 Å². The normalized spacial score (nSPS) is 23.3. The molecular formula is C11H22N2O. The Morgan fingerprint density at radius 1 is 1.36 bits per heavy atom. The third-order valence-electron chi connectivity index (χ3n) is 3.14. The predicted octanol–water partition coefficient (Wildman–Crippen LogP) is 1.34. The largest absolute Gasteiger partial charge is 0.340 e. The summed E-state index contributed by atoms with van der Waals surface area (Å²) in [5.74, 6) is 0.264. The van der Waals surface area contributed by atoms with Crippen LogP contribution in [-0.4, -0.2) is 46.9 Å². The van der Waals surface area contributed by atoms with Crippen molar-refractivity contribution in [2.75, 3.05) is 19.6 Å². The van der Waals surface area contributed by atoms with Crippen molar-refractivity contribution in [2.24, 2.45) is 0 Å². The van der Waals surface area contributed by atoms with Gasteiger partial charge in [-0.2, -0.15) is 0 Å². The minimum atomic E-state index is -0.331. The minimum absolute atomic E-state index is 0.264. The highest BCUT2D eigenvalue weighted by molar-refractivity contribution is 5.86. The summed E-state index contributed by atoms with van der Waals surface area (Å²) >= 11 is 0. The van der Waals surface area contributed by atoms with E-state index in [4.69, 9.17) is 0 Å². The molecule has 1 saturated heterocycles. The third-order valence-corrected chi connectivity index (χ3v) is 3.14. The van der Waals surface area contributed by atoms with E-state index in [-0.39, 0.29) is 11.4 Å². The van der Waals surface area contributed by atoms with Crippen LogP contribution in [0.4, 0.5) is 0 Å². The Morgan fingerprint density at radius 2 is 1.93 bits per heavy atom. The molecule has 0 aromatic heterocycles. The molecule has 3 nitrogen and oxygen atoms in total. The molecule has 82 valence electrons. The average molecular weight is 198 g/mol. The van der Waals surface area contributed by atoms with Crippen molar-refractivity contribution in [1.29, 1.82) is 0 Å². The van der Waals surface area contributed by atoms with Crippen molar-refractivity contribution in [2.45, 2.75) is 46.2 Å². The van der Waals surface area contributed by atoms with Crippen LogP contribution in [0.3, 0.4) is 0 Å². The van der Waals surface area contributed by atoms with Gasteiger partial charge in [-0.25, -0.2) is 0 Å². The van der Waals surface area contributed by atoms with Crippen LogP contribution in [0.15, 0.2) is 0 Å². The van der Waals surface area contributed by atoms with E-state index < -0.39 is 0 Å². The van der Waals surface area contributed by atoms with Gasteiger partial charge in [-0.3, -0.25) is 9.69 Å². The zero-order valence-electron chi connectivity index (χ0n) is 10.0. The molecule has 1 heterocycles. The molecule has 0 N–H and O–H groups in total. The lowest BCUT2D eigenvalue weighted by Crippen LogP contribution is -2.64. The summed E-state index contributed by atoms with van der Waals surface area (Å²) in [6.07, 6.45) is 0.